The van der Waals surface area contributed by atoms with E-state index in [2.05, 4.69) is 15.4 Å². The second-order valence-corrected chi connectivity index (χ2v) is 10.3. The number of halogens is 1. The maximum atomic E-state index is 13.0. The van der Waals surface area contributed by atoms with Gasteiger partial charge < -0.3 is 5.32 Å². The molecule has 168 valence electrons. The van der Waals surface area contributed by atoms with Crippen LogP contribution in [-0.2, 0) is 14.8 Å². The van der Waals surface area contributed by atoms with Crippen LogP contribution in [0.25, 0.3) is 5.69 Å². The number of piperidine rings is 1. The van der Waals surface area contributed by atoms with Crippen LogP contribution in [0.5, 0.6) is 0 Å². The van der Waals surface area contributed by atoms with Crippen LogP contribution in [-0.4, -0.2) is 46.5 Å². The van der Waals surface area contributed by atoms with Crippen LogP contribution in [0.15, 0.2) is 53.9 Å². The average Bonchev–Trinajstić information content (AvgIpc) is 3.30. The van der Waals surface area contributed by atoms with Gasteiger partial charge in [-0.25, -0.2) is 18.1 Å². The number of aromatic nitrogens is 3. The molecular weight excluding hydrogens is 450 g/mol. The number of nitrogens with one attached hydrogen (secondary N) is 1. The van der Waals surface area contributed by atoms with Gasteiger partial charge in [-0.2, -0.15) is 9.40 Å². The van der Waals surface area contributed by atoms with E-state index in [4.69, 9.17) is 11.6 Å². The lowest BCUT2D eigenvalue weighted by Crippen LogP contribution is -2.41. The molecule has 1 aliphatic heterocycles. The topological polar surface area (TPSA) is 97.2 Å². The standard InChI is InChI=1S/C22H24ClN5O3S/c1-15-3-5-19(11-16(15)2)32(30,31)27-9-7-17(8-10-27)22(29)26-20-12-18(23)4-6-21(20)28-14-24-13-25-28/h3-6,11-14,17H,7-10H2,1-2H3,(H,26,29). The van der Waals surface area contributed by atoms with E-state index in [1.807, 2.05) is 19.9 Å². The van der Waals surface area contributed by atoms with Crippen molar-refractivity contribution in [3.63, 3.8) is 0 Å². The zero-order valence-corrected chi connectivity index (χ0v) is 19.4. The van der Waals surface area contributed by atoms with Crippen LogP contribution in [0.3, 0.4) is 0 Å². The molecule has 0 aliphatic carbocycles. The summed E-state index contributed by atoms with van der Waals surface area (Å²) in [6.07, 6.45) is 3.82. The molecule has 8 nitrogen and oxygen atoms in total. The number of nitrogens with zero attached hydrogens (tertiary/aromatic N) is 4. The van der Waals surface area contributed by atoms with Gasteiger partial charge in [-0.15, -0.1) is 0 Å². The number of rotatable bonds is 5. The van der Waals surface area contributed by atoms with E-state index in [-0.39, 0.29) is 11.8 Å². The molecule has 1 N–H and O–H groups in total. The Morgan fingerprint density at radius 3 is 2.50 bits per heavy atom. The summed E-state index contributed by atoms with van der Waals surface area (Å²) in [7, 11) is -3.59. The lowest BCUT2D eigenvalue weighted by molar-refractivity contribution is -0.120. The first-order valence-corrected chi connectivity index (χ1v) is 12.1. The molecule has 32 heavy (non-hydrogen) atoms. The largest absolute Gasteiger partial charge is 0.324 e. The summed E-state index contributed by atoms with van der Waals surface area (Å²) in [5, 5.41) is 7.52. The Kier molecular flexibility index (Phi) is 6.32. The van der Waals surface area contributed by atoms with E-state index in [1.54, 1.807) is 35.0 Å². The van der Waals surface area contributed by atoms with Crippen LogP contribution in [0, 0.1) is 19.8 Å². The minimum absolute atomic E-state index is 0.170. The Balaban J connectivity index is 1.44. The van der Waals surface area contributed by atoms with Gasteiger partial charge in [0.25, 0.3) is 0 Å². The highest BCUT2D eigenvalue weighted by molar-refractivity contribution is 7.89. The highest BCUT2D eigenvalue weighted by atomic mass is 35.5. The molecule has 1 saturated heterocycles. The molecule has 0 saturated carbocycles. The zero-order valence-electron chi connectivity index (χ0n) is 17.8. The fourth-order valence-electron chi connectivity index (χ4n) is 3.76. The molecule has 0 radical (unpaired) electrons. The Hall–Kier alpha value is -2.75. The summed E-state index contributed by atoms with van der Waals surface area (Å²) < 4.78 is 29.1. The summed E-state index contributed by atoms with van der Waals surface area (Å²) in [6.45, 7) is 4.43. The first-order chi connectivity index (χ1) is 15.3. The van der Waals surface area contributed by atoms with E-state index >= 15 is 0 Å². The number of hydrogen-bond acceptors (Lipinski definition) is 5. The lowest BCUT2D eigenvalue weighted by atomic mass is 9.97. The van der Waals surface area contributed by atoms with Crippen molar-refractivity contribution in [2.24, 2.45) is 5.92 Å². The minimum atomic E-state index is -3.59. The molecule has 1 amide bonds. The van der Waals surface area contributed by atoms with E-state index in [9.17, 15) is 13.2 Å². The molecule has 2 heterocycles. The van der Waals surface area contributed by atoms with E-state index in [0.717, 1.165) is 11.1 Å². The number of carbonyl (C=O) groups is 1. The van der Waals surface area contributed by atoms with Crippen molar-refractivity contribution >= 4 is 33.2 Å². The van der Waals surface area contributed by atoms with Gasteiger partial charge in [0.05, 0.1) is 16.3 Å². The van der Waals surface area contributed by atoms with Gasteiger partial charge in [0.1, 0.15) is 12.7 Å². The van der Waals surface area contributed by atoms with Crippen LogP contribution in [0.1, 0.15) is 24.0 Å². The number of aryl methyl sites for hydroxylation is 2. The molecule has 3 aromatic rings. The van der Waals surface area contributed by atoms with Crippen LogP contribution < -0.4 is 5.32 Å². The Bertz CT molecular complexity index is 1240. The number of sulfonamides is 1. The first kappa shape index (κ1) is 22.4. The summed E-state index contributed by atoms with van der Waals surface area (Å²) in [6, 6.07) is 10.3. The van der Waals surface area contributed by atoms with Crippen LogP contribution in [0.4, 0.5) is 5.69 Å². The Morgan fingerprint density at radius 1 is 1.09 bits per heavy atom. The van der Waals surface area contributed by atoms with Crippen molar-refractivity contribution in [2.75, 3.05) is 18.4 Å². The average molecular weight is 474 g/mol. The molecule has 1 aliphatic rings. The van der Waals surface area contributed by atoms with E-state index in [0.29, 0.717) is 47.2 Å². The van der Waals surface area contributed by atoms with Crippen molar-refractivity contribution in [3.8, 4) is 5.69 Å². The van der Waals surface area contributed by atoms with E-state index < -0.39 is 10.0 Å². The minimum Gasteiger partial charge on any atom is -0.324 e. The first-order valence-electron chi connectivity index (χ1n) is 10.3. The third kappa shape index (κ3) is 4.55. The predicted molar refractivity (Wildman–Crippen MR) is 122 cm³/mol. The summed E-state index contributed by atoms with van der Waals surface area (Å²) in [4.78, 5) is 17.2. The molecule has 4 rings (SSSR count). The van der Waals surface area contributed by atoms with Crippen molar-refractivity contribution in [2.45, 2.75) is 31.6 Å². The number of benzene rings is 2. The summed E-state index contributed by atoms with van der Waals surface area (Å²) in [5.74, 6) is -0.472. The fraction of sp³-hybridized carbons (Fsp3) is 0.318. The second-order valence-electron chi connectivity index (χ2n) is 7.92. The maximum Gasteiger partial charge on any atom is 0.243 e. The van der Waals surface area contributed by atoms with Gasteiger partial charge in [0, 0.05) is 24.0 Å². The smallest absolute Gasteiger partial charge is 0.243 e. The number of carbonyl (C=O) groups excluding carboxylic acids is 1. The molecule has 0 bridgehead atoms. The van der Waals surface area contributed by atoms with Gasteiger partial charge in [-0.1, -0.05) is 17.7 Å². The second kappa shape index (κ2) is 9.01. The van der Waals surface area contributed by atoms with Gasteiger partial charge >= 0.3 is 0 Å². The molecule has 0 spiro atoms. The van der Waals surface area contributed by atoms with Gasteiger partial charge in [0.2, 0.25) is 15.9 Å². The third-order valence-electron chi connectivity index (χ3n) is 5.82. The van der Waals surface area contributed by atoms with Crippen LogP contribution >= 0.6 is 11.6 Å². The normalized spacial score (nSPS) is 15.6. The highest BCUT2D eigenvalue weighted by Crippen LogP contribution is 2.28. The monoisotopic (exact) mass is 473 g/mol. The van der Waals surface area contributed by atoms with Crippen molar-refractivity contribution < 1.29 is 13.2 Å². The molecule has 1 aromatic heterocycles. The van der Waals surface area contributed by atoms with E-state index in [1.165, 1.54) is 17.0 Å². The summed E-state index contributed by atoms with van der Waals surface area (Å²) >= 11 is 6.13. The summed E-state index contributed by atoms with van der Waals surface area (Å²) in [5.41, 5.74) is 3.16. The third-order valence-corrected chi connectivity index (χ3v) is 7.95. The quantitative estimate of drug-likeness (QED) is 0.610. The zero-order chi connectivity index (χ0) is 22.9. The molecule has 0 unspecified atom stereocenters. The molecule has 1 fully saturated rings. The van der Waals surface area contributed by atoms with Crippen molar-refractivity contribution in [3.05, 3.63) is 65.2 Å². The molecule has 2 aromatic carbocycles. The van der Waals surface area contributed by atoms with Crippen molar-refractivity contribution in [1.82, 2.24) is 19.1 Å². The van der Waals surface area contributed by atoms with Crippen LogP contribution in [0.2, 0.25) is 5.02 Å². The predicted octanol–water partition coefficient (Wildman–Crippen LogP) is 3.58. The fourth-order valence-corrected chi connectivity index (χ4v) is 5.48. The number of anilines is 1. The molecule has 10 heteroatoms. The Morgan fingerprint density at radius 2 is 1.84 bits per heavy atom. The Labute approximate surface area is 192 Å². The lowest BCUT2D eigenvalue weighted by Gasteiger charge is -2.30. The van der Waals surface area contributed by atoms with Gasteiger partial charge in [0.15, 0.2) is 0 Å². The van der Waals surface area contributed by atoms with Gasteiger partial charge in [-0.05, 0) is 68.1 Å². The highest BCUT2D eigenvalue weighted by Gasteiger charge is 2.32. The number of amides is 1. The maximum absolute atomic E-state index is 13.0. The molecular formula is C22H24ClN5O3S. The van der Waals surface area contributed by atoms with Gasteiger partial charge in [-0.3, -0.25) is 4.79 Å². The number of hydrogen-bond donors (Lipinski definition) is 1. The van der Waals surface area contributed by atoms with Crippen molar-refractivity contribution in [1.29, 1.82) is 0 Å². The molecule has 0 atom stereocenters. The SMILES string of the molecule is Cc1ccc(S(=O)(=O)N2CCC(C(=O)Nc3cc(Cl)ccc3-n3cncn3)CC2)cc1C.